The summed E-state index contributed by atoms with van der Waals surface area (Å²) in [5.74, 6) is -0.949. The molecule has 1 heterocycles. The van der Waals surface area contributed by atoms with Gasteiger partial charge in [-0.25, -0.2) is 4.79 Å². The van der Waals surface area contributed by atoms with Crippen LogP contribution in [0.5, 0.6) is 0 Å². The molecule has 0 aromatic carbocycles. The maximum absolute atomic E-state index is 12.0. The Bertz CT molecular complexity index is 460. The van der Waals surface area contributed by atoms with Crippen LogP contribution in [0, 0.1) is 5.92 Å². The van der Waals surface area contributed by atoms with Gasteiger partial charge in [-0.3, -0.25) is 9.78 Å². The van der Waals surface area contributed by atoms with Gasteiger partial charge in [-0.05, 0) is 25.0 Å². The Balaban J connectivity index is 2.55. The number of nitrogens with one attached hydrogen (secondary N) is 1. The lowest BCUT2D eigenvalue weighted by atomic mass is 9.98. The molecule has 0 saturated heterocycles. The summed E-state index contributed by atoms with van der Waals surface area (Å²) in [5, 5.41) is 11.7. The van der Waals surface area contributed by atoms with E-state index in [4.69, 9.17) is 5.11 Å². The van der Waals surface area contributed by atoms with E-state index in [1.165, 1.54) is 18.3 Å². The Morgan fingerprint density at radius 3 is 2.75 bits per heavy atom. The predicted octanol–water partition coefficient (Wildman–Crippen LogP) is 2.61. The van der Waals surface area contributed by atoms with Crippen LogP contribution in [0.4, 0.5) is 0 Å². The van der Waals surface area contributed by atoms with Crippen molar-refractivity contribution < 1.29 is 14.7 Å². The minimum absolute atomic E-state index is 0.0171. The van der Waals surface area contributed by atoms with Crippen molar-refractivity contribution in [1.82, 2.24) is 10.3 Å². The maximum atomic E-state index is 12.0. The number of amides is 1. The molecule has 0 bridgehead atoms. The van der Waals surface area contributed by atoms with E-state index in [1.54, 1.807) is 0 Å². The van der Waals surface area contributed by atoms with Crippen molar-refractivity contribution in [2.45, 2.75) is 46.1 Å². The van der Waals surface area contributed by atoms with Gasteiger partial charge in [0, 0.05) is 12.1 Å². The molecule has 0 radical (unpaired) electrons. The quantitative estimate of drug-likeness (QED) is 0.766. The molecule has 1 unspecified atom stereocenters. The number of carboxylic acids is 1. The number of pyridine rings is 1. The van der Waals surface area contributed by atoms with Gasteiger partial charge in [0.2, 0.25) is 5.91 Å². The fraction of sp³-hybridized carbons (Fsp3) is 0.533. The van der Waals surface area contributed by atoms with E-state index in [9.17, 15) is 9.59 Å². The lowest BCUT2D eigenvalue weighted by Gasteiger charge is -2.14. The van der Waals surface area contributed by atoms with Crippen molar-refractivity contribution in [1.29, 1.82) is 0 Å². The molecule has 0 saturated carbocycles. The van der Waals surface area contributed by atoms with Gasteiger partial charge in [0.05, 0.1) is 17.8 Å². The number of aromatic carboxylic acids is 1. The van der Waals surface area contributed by atoms with Crippen molar-refractivity contribution in [3.63, 3.8) is 0 Å². The predicted molar refractivity (Wildman–Crippen MR) is 76.3 cm³/mol. The maximum Gasteiger partial charge on any atom is 0.335 e. The van der Waals surface area contributed by atoms with E-state index in [2.05, 4.69) is 17.2 Å². The molecule has 1 rings (SSSR count). The first kappa shape index (κ1) is 16.1. The fourth-order valence-electron chi connectivity index (χ4n) is 2.00. The molecule has 5 nitrogen and oxygen atoms in total. The smallest absolute Gasteiger partial charge is 0.335 e. The largest absolute Gasteiger partial charge is 0.478 e. The van der Waals surface area contributed by atoms with Crippen molar-refractivity contribution in [2.24, 2.45) is 5.92 Å². The van der Waals surface area contributed by atoms with E-state index < -0.39 is 5.97 Å². The molecular formula is C15H22N2O3. The first-order chi connectivity index (χ1) is 9.58. The van der Waals surface area contributed by atoms with E-state index >= 15 is 0 Å². The number of unbranched alkanes of at least 4 members (excludes halogenated alkanes) is 1. The molecule has 2 N–H and O–H groups in total. The minimum Gasteiger partial charge on any atom is -0.478 e. The molecule has 1 atom stereocenters. The highest BCUT2D eigenvalue weighted by atomic mass is 16.4. The minimum atomic E-state index is -0.991. The van der Waals surface area contributed by atoms with E-state index in [-0.39, 0.29) is 23.9 Å². The molecule has 0 spiro atoms. The Morgan fingerprint density at radius 1 is 1.40 bits per heavy atom. The van der Waals surface area contributed by atoms with Gasteiger partial charge in [0.15, 0.2) is 0 Å². The number of carbonyl (C=O) groups excluding carboxylic acids is 1. The Hall–Kier alpha value is -1.91. The number of carboxylic acid groups (broad SMARTS) is 1. The normalized spacial score (nSPS) is 11.9. The topological polar surface area (TPSA) is 79.3 Å². The average molecular weight is 278 g/mol. The molecule has 110 valence electrons. The molecule has 0 fully saturated rings. The zero-order valence-corrected chi connectivity index (χ0v) is 12.1. The van der Waals surface area contributed by atoms with Crippen molar-refractivity contribution >= 4 is 11.9 Å². The third kappa shape index (κ3) is 4.99. The summed E-state index contributed by atoms with van der Waals surface area (Å²) in [4.78, 5) is 26.9. The standard InChI is InChI=1S/C15H22N2O3/c1-3-5-6-11(4-2)14(18)17-10-13-9-12(15(19)20)7-8-16-13/h7-9,11H,3-6,10H2,1-2H3,(H,17,18)(H,19,20). The molecule has 0 aliphatic rings. The monoisotopic (exact) mass is 278 g/mol. The molecule has 0 aliphatic heterocycles. The molecule has 1 aromatic heterocycles. The SMILES string of the molecule is CCCCC(CC)C(=O)NCc1cc(C(=O)O)ccn1. The number of hydrogen-bond donors (Lipinski definition) is 2. The van der Waals surface area contributed by atoms with Crippen LogP contribution in [-0.2, 0) is 11.3 Å². The Morgan fingerprint density at radius 2 is 2.15 bits per heavy atom. The molecule has 20 heavy (non-hydrogen) atoms. The van der Waals surface area contributed by atoms with Gasteiger partial charge < -0.3 is 10.4 Å². The van der Waals surface area contributed by atoms with E-state index in [0.29, 0.717) is 5.69 Å². The van der Waals surface area contributed by atoms with Crippen LogP contribution < -0.4 is 5.32 Å². The summed E-state index contributed by atoms with van der Waals surface area (Å²) in [6.45, 7) is 4.37. The summed E-state index contributed by atoms with van der Waals surface area (Å²) in [6, 6.07) is 2.92. The van der Waals surface area contributed by atoms with Crippen LogP contribution in [0.3, 0.4) is 0 Å². The Kier molecular flexibility index (Phi) is 6.70. The van der Waals surface area contributed by atoms with Crippen LogP contribution in [0.15, 0.2) is 18.3 Å². The second-order valence-electron chi connectivity index (χ2n) is 4.81. The number of hydrogen-bond acceptors (Lipinski definition) is 3. The summed E-state index contributed by atoms with van der Waals surface area (Å²) in [5.41, 5.74) is 0.742. The third-order valence-electron chi connectivity index (χ3n) is 3.28. The van der Waals surface area contributed by atoms with Crippen LogP contribution in [0.25, 0.3) is 0 Å². The highest BCUT2D eigenvalue weighted by molar-refractivity contribution is 5.87. The van der Waals surface area contributed by atoms with E-state index in [1.807, 2.05) is 6.92 Å². The van der Waals surface area contributed by atoms with Crippen LogP contribution in [0.1, 0.15) is 55.6 Å². The number of rotatable bonds is 8. The first-order valence-corrected chi connectivity index (χ1v) is 7.04. The summed E-state index contributed by atoms with van der Waals surface area (Å²) < 4.78 is 0. The van der Waals surface area contributed by atoms with Gasteiger partial charge in [-0.1, -0.05) is 26.7 Å². The highest BCUT2D eigenvalue weighted by Crippen LogP contribution is 2.13. The van der Waals surface area contributed by atoms with Crippen LogP contribution in [0.2, 0.25) is 0 Å². The lowest BCUT2D eigenvalue weighted by molar-refractivity contribution is -0.125. The van der Waals surface area contributed by atoms with Crippen molar-refractivity contribution in [3.05, 3.63) is 29.6 Å². The summed E-state index contributed by atoms with van der Waals surface area (Å²) in [6.07, 6.45) is 5.26. The third-order valence-corrected chi connectivity index (χ3v) is 3.28. The zero-order valence-electron chi connectivity index (χ0n) is 12.1. The molecular weight excluding hydrogens is 256 g/mol. The first-order valence-electron chi connectivity index (χ1n) is 7.04. The van der Waals surface area contributed by atoms with E-state index in [0.717, 1.165) is 25.7 Å². The van der Waals surface area contributed by atoms with Crippen LogP contribution >= 0.6 is 0 Å². The number of nitrogens with zero attached hydrogens (tertiary/aromatic N) is 1. The highest BCUT2D eigenvalue weighted by Gasteiger charge is 2.15. The van der Waals surface area contributed by atoms with Gasteiger partial charge in [0.1, 0.15) is 0 Å². The Labute approximate surface area is 119 Å². The fourth-order valence-corrected chi connectivity index (χ4v) is 2.00. The molecule has 1 aromatic rings. The molecule has 1 amide bonds. The van der Waals surface area contributed by atoms with Gasteiger partial charge >= 0.3 is 5.97 Å². The molecule has 5 heteroatoms. The van der Waals surface area contributed by atoms with Gasteiger partial charge in [0.25, 0.3) is 0 Å². The summed E-state index contributed by atoms with van der Waals surface area (Å²) in [7, 11) is 0. The zero-order chi connectivity index (χ0) is 15.0. The van der Waals surface area contributed by atoms with Crippen molar-refractivity contribution in [3.8, 4) is 0 Å². The second-order valence-corrected chi connectivity index (χ2v) is 4.81. The average Bonchev–Trinajstić information content (AvgIpc) is 2.46. The number of carbonyl (C=O) groups is 2. The lowest BCUT2D eigenvalue weighted by Crippen LogP contribution is -2.30. The van der Waals surface area contributed by atoms with Gasteiger partial charge in [-0.2, -0.15) is 0 Å². The second kappa shape index (κ2) is 8.30. The van der Waals surface area contributed by atoms with Crippen LogP contribution in [-0.4, -0.2) is 22.0 Å². The number of aromatic nitrogens is 1. The summed E-state index contributed by atoms with van der Waals surface area (Å²) >= 11 is 0. The van der Waals surface area contributed by atoms with Crippen molar-refractivity contribution in [2.75, 3.05) is 0 Å². The van der Waals surface area contributed by atoms with Gasteiger partial charge in [-0.15, -0.1) is 0 Å². The molecule has 0 aliphatic carbocycles.